The van der Waals surface area contributed by atoms with Gasteiger partial charge in [0.1, 0.15) is 12.1 Å². The number of aromatic nitrogens is 3. The fourth-order valence-corrected chi connectivity index (χ4v) is 2.54. The van der Waals surface area contributed by atoms with E-state index in [4.69, 9.17) is 0 Å². The highest BCUT2D eigenvalue weighted by molar-refractivity contribution is 5.38. The number of likely N-dealkylation sites (N-methyl/N-ethyl adjacent to an activating group) is 1. The third-order valence-electron chi connectivity index (χ3n) is 4.06. The van der Waals surface area contributed by atoms with E-state index in [1.54, 1.807) is 12.1 Å². The number of hydrogen-bond donors (Lipinski definition) is 1. The molecule has 1 aromatic heterocycles. The normalized spacial score (nSPS) is 17.1. The molecule has 1 atom stereocenters. The molecular weight excluding hydrogens is 295 g/mol. The van der Waals surface area contributed by atoms with Crippen LogP contribution in [0.25, 0.3) is 0 Å². The Bertz CT molecular complexity index is 639. The molecular formula is C16H21FN6. The number of benzene rings is 1. The van der Waals surface area contributed by atoms with Gasteiger partial charge in [-0.1, -0.05) is 12.1 Å². The van der Waals surface area contributed by atoms with E-state index in [2.05, 4.69) is 37.1 Å². The second kappa shape index (κ2) is 6.87. The first-order valence-corrected chi connectivity index (χ1v) is 7.76. The summed E-state index contributed by atoms with van der Waals surface area (Å²) in [6.45, 7) is 5.81. The summed E-state index contributed by atoms with van der Waals surface area (Å²) >= 11 is 0. The maximum Gasteiger partial charge on any atom is 0.230 e. The van der Waals surface area contributed by atoms with Gasteiger partial charge in [0.05, 0.1) is 6.04 Å². The molecule has 1 aromatic carbocycles. The van der Waals surface area contributed by atoms with Gasteiger partial charge in [-0.05, 0) is 31.7 Å². The Morgan fingerprint density at radius 1 is 1.09 bits per heavy atom. The SMILES string of the molecule is CC(Nc1ncnc(N2CCN(C)CC2)n1)c1ccc(F)cc1. The monoisotopic (exact) mass is 316 g/mol. The molecule has 0 aliphatic carbocycles. The Balaban J connectivity index is 1.68. The number of nitrogens with zero attached hydrogens (tertiary/aromatic N) is 5. The van der Waals surface area contributed by atoms with Gasteiger partial charge in [-0.2, -0.15) is 4.98 Å². The van der Waals surface area contributed by atoms with Gasteiger partial charge >= 0.3 is 0 Å². The lowest BCUT2D eigenvalue weighted by Crippen LogP contribution is -2.45. The summed E-state index contributed by atoms with van der Waals surface area (Å²) in [7, 11) is 2.11. The van der Waals surface area contributed by atoms with Crippen molar-refractivity contribution in [1.29, 1.82) is 0 Å². The van der Waals surface area contributed by atoms with Crippen LogP contribution in [0.3, 0.4) is 0 Å². The summed E-state index contributed by atoms with van der Waals surface area (Å²) in [5.74, 6) is 0.992. The van der Waals surface area contributed by atoms with Crippen molar-refractivity contribution >= 4 is 11.9 Å². The zero-order valence-corrected chi connectivity index (χ0v) is 13.4. The molecule has 1 unspecified atom stereocenters. The van der Waals surface area contributed by atoms with Crippen molar-refractivity contribution in [1.82, 2.24) is 19.9 Å². The summed E-state index contributed by atoms with van der Waals surface area (Å²) in [4.78, 5) is 17.4. The van der Waals surface area contributed by atoms with E-state index in [-0.39, 0.29) is 11.9 Å². The van der Waals surface area contributed by atoms with E-state index in [1.165, 1.54) is 18.5 Å². The molecule has 0 radical (unpaired) electrons. The van der Waals surface area contributed by atoms with Crippen LogP contribution in [0.2, 0.25) is 0 Å². The third-order valence-corrected chi connectivity index (χ3v) is 4.06. The van der Waals surface area contributed by atoms with Gasteiger partial charge in [0.25, 0.3) is 0 Å². The molecule has 3 rings (SSSR count). The van der Waals surface area contributed by atoms with Crippen molar-refractivity contribution in [2.75, 3.05) is 43.4 Å². The average Bonchev–Trinajstić information content (AvgIpc) is 2.56. The van der Waals surface area contributed by atoms with Gasteiger partial charge in [0.15, 0.2) is 0 Å². The lowest BCUT2D eigenvalue weighted by molar-refractivity contribution is 0.311. The van der Waals surface area contributed by atoms with Gasteiger partial charge in [0, 0.05) is 26.2 Å². The predicted octanol–water partition coefficient (Wildman–Crippen LogP) is 1.94. The van der Waals surface area contributed by atoms with Crippen LogP contribution in [0.15, 0.2) is 30.6 Å². The molecule has 0 spiro atoms. The first-order chi connectivity index (χ1) is 11.1. The minimum atomic E-state index is -0.238. The standard InChI is InChI=1S/C16H21FN6/c1-12(13-3-5-14(17)6-4-13)20-15-18-11-19-16(21-15)23-9-7-22(2)8-10-23/h3-6,11-12H,7-10H2,1-2H3,(H,18,19,20,21). The van der Waals surface area contributed by atoms with Crippen LogP contribution in [-0.4, -0.2) is 53.1 Å². The molecule has 0 bridgehead atoms. The highest BCUT2D eigenvalue weighted by Gasteiger charge is 2.17. The van der Waals surface area contributed by atoms with Crippen LogP contribution in [-0.2, 0) is 0 Å². The molecule has 0 saturated carbocycles. The zero-order chi connectivity index (χ0) is 16.2. The van der Waals surface area contributed by atoms with Gasteiger partial charge in [0.2, 0.25) is 11.9 Å². The maximum atomic E-state index is 13.0. The van der Waals surface area contributed by atoms with E-state index < -0.39 is 0 Å². The van der Waals surface area contributed by atoms with Crippen LogP contribution in [0.1, 0.15) is 18.5 Å². The topological polar surface area (TPSA) is 57.2 Å². The fraction of sp³-hybridized carbons (Fsp3) is 0.438. The highest BCUT2D eigenvalue weighted by Crippen LogP contribution is 2.18. The number of piperazine rings is 1. The molecule has 2 aromatic rings. The molecule has 1 fully saturated rings. The van der Waals surface area contributed by atoms with Crippen molar-refractivity contribution in [2.24, 2.45) is 0 Å². The fourth-order valence-electron chi connectivity index (χ4n) is 2.54. The molecule has 1 N–H and O–H groups in total. The van der Waals surface area contributed by atoms with Crippen molar-refractivity contribution < 1.29 is 4.39 Å². The first kappa shape index (κ1) is 15.6. The summed E-state index contributed by atoms with van der Waals surface area (Å²) in [6.07, 6.45) is 1.53. The summed E-state index contributed by atoms with van der Waals surface area (Å²) in [5.41, 5.74) is 0.980. The van der Waals surface area contributed by atoms with Gasteiger partial charge in [-0.15, -0.1) is 0 Å². The third kappa shape index (κ3) is 3.92. The maximum absolute atomic E-state index is 13.0. The van der Waals surface area contributed by atoms with Crippen LogP contribution < -0.4 is 10.2 Å². The lowest BCUT2D eigenvalue weighted by Gasteiger charge is -2.32. The van der Waals surface area contributed by atoms with Crippen LogP contribution in [0.4, 0.5) is 16.3 Å². The second-order valence-electron chi connectivity index (χ2n) is 5.82. The molecule has 2 heterocycles. The summed E-state index contributed by atoms with van der Waals surface area (Å²) in [5, 5.41) is 3.24. The number of halogens is 1. The summed E-state index contributed by atoms with van der Waals surface area (Å²) < 4.78 is 13.0. The number of hydrogen-bond acceptors (Lipinski definition) is 6. The minimum absolute atomic E-state index is 0.0154. The average molecular weight is 316 g/mol. The van der Waals surface area contributed by atoms with Crippen molar-refractivity contribution in [3.63, 3.8) is 0 Å². The molecule has 1 aliphatic rings. The van der Waals surface area contributed by atoms with Crippen LogP contribution in [0.5, 0.6) is 0 Å². The number of anilines is 2. The van der Waals surface area contributed by atoms with Crippen molar-refractivity contribution in [3.05, 3.63) is 42.0 Å². The molecule has 7 heteroatoms. The Morgan fingerprint density at radius 2 is 1.78 bits per heavy atom. The van der Waals surface area contributed by atoms with E-state index >= 15 is 0 Å². The Labute approximate surface area is 135 Å². The van der Waals surface area contributed by atoms with Gasteiger partial charge < -0.3 is 15.1 Å². The molecule has 6 nitrogen and oxygen atoms in total. The van der Waals surface area contributed by atoms with Crippen molar-refractivity contribution in [2.45, 2.75) is 13.0 Å². The largest absolute Gasteiger partial charge is 0.348 e. The van der Waals surface area contributed by atoms with E-state index in [0.29, 0.717) is 11.9 Å². The molecule has 0 amide bonds. The molecule has 23 heavy (non-hydrogen) atoms. The molecule has 1 aliphatic heterocycles. The Hall–Kier alpha value is -2.28. The van der Waals surface area contributed by atoms with Crippen molar-refractivity contribution in [3.8, 4) is 0 Å². The number of rotatable bonds is 4. The van der Waals surface area contributed by atoms with Gasteiger partial charge in [-0.25, -0.2) is 14.4 Å². The quantitative estimate of drug-likeness (QED) is 0.930. The van der Waals surface area contributed by atoms with E-state index in [9.17, 15) is 4.39 Å². The second-order valence-corrected chi connectivity index (χ2v) is 5.82. The van der Waals surface area contributed by atoms with E-state index in [1.807, 2.05) is 6.92 Å². The first-order valence-electron chi connectivity index (χ1n) is 7.76. The minimum Gasteiger partial charge on any atom is -0.348 e. The Morgan fingerprint density at radius 3 is 2.48 bits per heavy atom. The van der Waals surface area contributed by atoms with Crippen LogP contribution >= 0.6 is 0 Å². The predicted molar refractivity (Wildman–Crippen MR) is 88.0 cm³/mol. The number of nitrogens with one attached hydrogen (secondary N) is 1. The Kier molecular flexibility index (Phi) is 4.66. The zero-order valence-electron chi connectivity index (χ0n) is 13.4. The summed E-state index contributed by atoms with van der Waals surface area (Å²) in [6, 6.07) is 6.41. The lowest BCUT2D eigenvalue weighted by atomic mass is 10.1. The molecule has 1 saturated heterocycles. The van der Waals surface area contributed by atoms with Gasteiger partial charge in [-0.3, -0.25) is 0 Å². The highest BCUT2D eigenvalue weighted by atomic mass is 19.1. The molecule has 122 valence electrons. The van der Waals surface area contributed by atoms with Crippen LogP contribution in [0, 0.1) is 5.82 Å². The van der Waals surface area contributed by atoms with E-state index in [0.717, 1.165) is 31.7 Å². The smallest absolute Gasteiger partial charge is 0.230 e.